The molecule has 0 aliphatic carbocycles. The van der Waals surface area contributed by atoms with Gasteiger partial charge in [-0.15, -0.1) is 0 Å². The molecule has 0 bridgehead atoms. The molecule has 5 aromatic rings. The Morgan fingerprint density at radius 2 is 1.67 bits per heavy atom. The Hall–Kier alpha value is -4.72. The van der Waals surface area contributed by atoms with Crippen molar-refractivity contribution in [2.24, 2.45) is 4.99 Å². The highest BCUT2D eigenvalue weighted by Gasteiger charge is 2.35. The molecule has 0 unspecified atom stereocenters. The minimum atomic E-state index is -0.709. The molecule has 2 heterocycles. The van der Waals surface area contributed by atoms with Gasteiger partial charge in [-0.05, 0) is 42.3 Å². The smallest absolute Gasteiger partial charge is 0.338 e. The zero-order valence-electron chi connectivity index (χ0n) is 23.3. The van der Waals surface area contributed by atoms with E-state index in [1.165, 1.54) is 11.3 Å². The summed E-state index contributed by atoms with van der Waals surface area (Å²) >= 11 is 7.57. The number of hydrogen-bond donors (Lipinski definition) is 0. The van der Waals surface area contributed by atoms with Gasteiger partial charge in [0.2, 0.25) is 0 Å². The fourth-order valence-corrected chi connectivity index (χ4v) is 6.20. The second-order valence-corrected chi connectivity index (χ2v) is 11.2. The third-order valence-electron chi connectivity index (χ3n) is 7.00. The number of aromatic nitrogens is 1. The van der Waals surface area contributed by atoms with Crippen LogP contribution in [0, 0.1) is 0 Å². The summed E-state index contributed by atoms with van der Waals surface area (Å²) in [6, 6.07) is 33.4. The van der Waals surface area contributed by atoms with E-state index in [1.807, 2.05) is 115 Å². The molecule has 0 spiro atoms. The van der Waals surface area contributed by atoms with Gasteiger partial charge in [0.05, 0.1) is 28.5 Å². The van der Waals surface area contributed by atoms with E-state index in [0.29, 0.717) is 38.0 Å². The summed E-state index contributed by atoms with van der Waals surface area (Å²) in [5.41, 5.74) is 3.82. The summed E-state index contributed by atoms with van der Waals surface area (Å²) in [7, 11) is 0. The molecule has 6 nitrogen and oxygen atoms in total. The van der Waals surface area contributed by atoms with Gasteiger partial charge in [-0.1, -0.05) is 114 Å². The molecule has 0 fully saturated rings. The van der Waals surface area contributed by atoms with Gasteiger partial charge in [-0.3, -0.25) is 9.36 Å². The SMILES string of the molecule is CCOC(=O)C1=C(c2ccccc2)N=c2s/c(=C/c3cccc(OCc4ccccc4Cl)c3)c(=O)n2[C@H]1c1ccccc1. The van der Waals surface area contributed by atoms with Crippen LogP contribution in [0.5, 0.6) is 5.75 Å². The Kier molecular flexibility index (Phi) is 8.36. The first-order valence-electron chi connectivity index (χ1n) is 13.8. The molecule has 4 aromatic carbocycles. The maximum Gasteiger partial charge on any atom is 0.338 e. The van der Waals surface area contributed by atoms with Gasteiger partial charge in [-0.2, -0.15) is 0 Å². The Labute approximate surface area is 257 Å². The number of halogens is 1. The summed E-state index contributed by atoms with van der Waals surface area (Å²) in [5, 5.41) is 0.643. The topological polar surface area (TPSA) is 69.9 Å². The van der Waals surface area contributed by atoms with Crippen molar-refractivity contribution in [2.45, 2.75) is 19.6 Å². The van der Waals surface area contributed by atoms with E-state index in [9.17, 15) is 9.59 Å². The number of carbonyl (C=O) groups excluding carboxylic acids is 1. The molecule has 1 aromatic heterocycles. The Balaban J connectivity index is 1.47. The first-order valence-corrected chi connectivity index (χ1v) is 15.0. The number of nitrogens with zero attached hydrogens (tertiary/aromatic N) is 2. The summed E-state index contributed by atoms with van der Waals surface area (Å²) < 4.78 is 13.6. The number of hydrogen-bond acceptors (Lipinski definition) is 6. The second-order valence-electron chi connectivity index (χ2n) is 9.79. The first-order chi connectivity index (χ1) is 21.0. The average molecular weight is 607 g/mol. The number of benzene rings is 4. The highest BCUT2D eigenvalue weighted by molar-refractivity contribution is 7.07. The van der Waals surface area contributed by atoms with Crippen LogP contribution in [0.2, 0.25) is 5.02 Å². The van der Waals surface area contributed by atoms with Crippen molar-refractivity contribution < 1.29 is 14.3 Å². The van der Waals surface area contributed by atoms with Crippen molar-refractivity contribution in [2.75, 3.05) is 6.61 Å². The predicted octanol–water partition coefficient (Wildman–Crippen LogP) is 6.17. The molecule has 0 radical (unpaired) electrons. The molecule has 1 aliphatic rings. The molecule has 6 rings (SSSR count). The van der Waals surface area contributed by atoms with Gasteiger partial charge in [0.15, 0.2) is 4.80 Å². The monoisotopic (exact) mass is 606 g/mol. The summed E-state index contributed by atoms with van der Waals surface area (Å²) in [6.07, 6.45) is 1.82. The van der Waals surface area contributed by atoms with Crippen molar-refractivity contribution in [3.63, 3.8) is 0 Å². The lowest BCUT2D eigenvalue weighted by Gasteiger charge is -2.25. The van der Waals surface area contributed by atoms with Crippen LogP contribution in [0.3, 0.4) is 0 Å². The minimum Gasteiger partial charge on any atom is -0.489 e. The van der Waals surface area contributed by atoms with E-state index in [0.717, 1.165) is 22.3 Å². The molecule has 0 N–H and O–H groups in total. The Morgan fingerprint density at radius 3 is 2.42 bits per heavy atom. The quantitative estimate of drug-likeness (QED) is 0.198. The number of rotatable bonds is 8. The minimum absolute atomic E-state index is 0.200. The van der Waals surface area contributed by atoms with Gasteiger partial charge < -0.3 is 9.47 Å². The number of esters is 1. The number of ether oxygens (including phenoxy) is 2. The zero-order chi connectivity index (χ0) is 29.8. The molecular formula is C35H27ClN2O4S. The fourth-order valence-electron chi connectivity index (χ4n) is 5.01. The zero-order valence-corrected chi connectivity index (χ0v) is 24.8. The van der Waals surface area contributed by atoms with Gasteiger partial charge in [0, 0.05) is 16.1 Å². The predicted molar refractivity (Wildman–Crippen MR) is 170 cm³/mol. The van der Waals surface area contributed by atoms with Crippen LogP contribution in [-0.4, -0.2) is 17.1 Å². The highest BCUT2D eigenvalue weighted by atomic mass is 35.5. The van der Waals surface area contributed by atoms with E-state index in [2.05, 4.69) is 0 Å². The van der Waals surface area contributed by atoms with Gasteiger partial charge in [-0.25, -0.2) is 9.79 Å². The normalized spacial score (nSPS) is 14.7. The summed E-state index contributed by atoms with van der Waals surface area (Å²) in [5.74, 6) is 0.149. The van der Waals surface area contributed by atoms with Crippen LogP contribution in [0.15, 0.2) is 125 Å². The molecule has 1 aliphatic heterocycles. The third kappa shape index (κ3) is 5.95. The van der Waals surface area contributed by atoms with E-state index < -0.39 is 12.0 Å². The third-order valence-corrected chi connectivity index (χ3v) is 8.35. The van der Waals surface area contributed by atoms with E-state index in [4.69, 9.17) is 26.1 Å². The second kappa shape index (κ2) is 12.7. The number of thiazole rings is 1. The van der Waals surface area contributed by atoms with E-state index in [1.54, 1.807) is 11.5 Å². The van der Waals surface area contributed by atoms with Crippen LogP contribution in [0.1, 0.15) is 35.2 Å². The van der Waals surface area contributed by atoms with Crippen molar-refractivity contribution in [1.82, 2.24) is 4.57 Å². The summed E-state index contributed by atoms with van der Waals surface area (Å²) in [4.78, 5) is 33.0. The van der Waals surface area contributed by atoms with E-state index in [-0.39, 0.29) is 12.2 Å². The summed E-state index contributed by atoms with van der Waals surface area (Å²) in [6.45, 7) is 2.28. The van der Waals surface area contributed by atoms with Crippen molar-refractivity contribution in [1.29, 1.82) is 0 Å². The maximum atomic E-state index is 14.1. The van der Waals surface area contributed by atoms with Crippen molar-refractivity contribution in [3.8, 4) is 5.75 Å². The largest absolute Gasteiger partial charge is 0.489 e. The maximum absolute atomic E-state index is 14.1. The molecule has 43 heavy (non-hydrogen) atoms. The molecule has 214 valence electrons. The lowest BCUT2D eigenvalue weighted by molar-refractivity contribution is -0.138. The Morgan fingerprint density at radius 1 is 0.953 bits per heavy atom. The molecule has 0 saturated carbocycles. The fraction of sp³-hybridized carbons (Fsp3) is 0.114. The molecular weight excluding hydrogens is 580 g/mol. The highest BCUT2D eigenvalue weighted by Crippen LogP contribution is 2.35. The average Bonchev–Trinajstić information content (AvgIpc) is 3.35. The molecule has 1 atom stereocenters. The van der Waals surface area contributed by atoms with Crippen LogP contribution in [0.4, 0.5) is 0 Å². The van der Waals surface area contributed by atoms with Gasteiger partial charge >= 0.3 is 5.97 Å². The lowest BCUT2D eigenvalue weighted by Crippen LogP contribution is -2.39. The van der Waals surface area contributed by atoms with Crippen molar-refractivity contribution in [3.05, 3.63) is 162 Å². The van der Waals surface area contributed by atoms with Crippen molar-refractivity contribution >= 4 is 40.7 Å². The number of fused-ring (bicyclic) bond motifs is 1. The Bertz CT molecular complexity index is 2000. The first kappa shape index (κ1) is 28.4. The standard InChI is InChI=1S/C35H27ClN2O4S/c1-2-41-34(40)30-31(24-13-5-3-6-14-24)37-35-38(32(30)25-15-7-4-8-16-25)33(39)29(43-35)21-23-12-11-18-27(20-23)42-22-26-17-9-10-19-28(26)36/h3-21,32H,2,22H2,1H3/b29-21+/t32-/m0/s1. The number of carbonyl (C=O) groups is 1. The van der Waals surface area contributed by atoms with Crippen LogP contribution in [0.25, 0.3) is 11.8 Å². The molecule has 8 heteroatoms. The van der Waals surface area contributed by atoms with Crippen LogP contribution < -0.4 is 19.6 Å². The lowest BCUT2D eigenvalue weighted by atomic mass is 9.93. The molecule has 0 saturated heterocycles. The van der Waals surface area contributed by atoms with Gasteiger partial charge in [0.25, 0.3) is 5.56 Å². The van der Waals surface area contributed by atoms with Gasteiger partial charge in [0.1, 0.15) is 12.4 Å². The van der Waals surface area contributed by atoms with Crippen LogP contribution in [-0.2, 0) is 16.1 Å². The van der Waals surface area contributed by atoms with Crippen LogP contribution >= 0.6 is 22.9 Å². The molecule has 0 amide bonds. The van der Waals surface area contributed by atoms with E-state index >= 15 is 0 Å².